The maximum atomic E-state index is 11.4. The van der Waals surface area contributed by atoms with Gasteiger partial charge < -0.3 is 10.0 Å². The van der Waals surface area contributed by atoms with E-state index in [4.69, 9.17) is 0 Å². The minimum absolute atomic E-state index is 0.299. The molecule has 2 rings (SSSR count). The van der Waals surface area contributed by atoms with Gasteiger partial charge in [-0.25, -0.2) is 0 Å². The van der Waals surface area contributed by atoms with Crippen LogP contribution < -0.4 is 4.90 Å². The van der Waals surface area contributed by atoms with Gasteiger partial charge in [-0.1, -0.05) is 17.7 Å². The minimum atomic E-state index is -0.684. The molecule has 1 aromatic carbocycles. The molecule has 1 atom stereocenters. The van der Waals surface area contributed by atoms with Crippen molar-refractivity contribution in [3.05, 3.63) is 29.8 Å². The van der Waals surface area contributed by atoms with Crippen LogP contribution in [0.5, 0.6) is 0 Å². The SMILES string of the molecule is Cc1ccc(N2CCCC(C(=O)O)C2(C)C)cc1. The van der Waals surface area contributed by atoms with Crippen molar-refractivity contribution in [2.75, 3.05) is 11.4 Å². The van der Waals surface area contributed by atoms with Crippen molar-refractivity contribution in [2.24, 2.45) is 5.92 Å². The van der Waals surface area contributed by atoms with Crippen LogP contribution in [0.25, 0.3) is 0 Å². The molecule has 0 aromatic heterocycles. The van der Waals surface area contributed by atoms with E-state index in [1.54, 1.807) is 0 Å². The van der Waals surface area contributed by atoms with Crippen LogP contribution in [0.3, 0.4) is 0 Å². The fourth-order valence-corrected chi connectivity index (χ4v) is 2.90. The first kappa shape index (κ1) is 12.9. The average Bonchev–Trinajstić information content (AvgIpc) is 2.29. The Labute approximate surface area is 108 Å². The van der Waals surface area contributed by atoms with Gasteiger partial charge in [-0.05, 0) is 45.7 Å². The van der Waals surface area contributed by atoms with E-state index in [0.717, 1.165) is 25.1 Å². The molecule has 1 aliphatic heterocycles. The normalized spacial score (nSPS) is 22.8. The van der Waals surface area contributed by atoms with Gasteiger partial charge in [0.1, 0.15) is 0 Å². The Morgan fingerprint density at radius 1 is 1.33 bits per heavy atom. The standard InChI is InChI=1S/C15H21NO2/c1-11-6-8-12(9-7-11)16-10-4-5-13(14(17)18)15(16,2)3/h6-9,13H,4-5,10H2,1-3H3,(H,17,18). The molecule has 1 saturated heterocycles. The summed E-state index contributed by atoms with van der Waals surface area (Å²) in [6.45, 7) is 7.06. The molecular weight excluding hydrogens is 226 g/mol. The molecule has 98 valence electrons. The Morgan fingerprint density at radius 2 is 1.94 bits per heavy atom. The summed E-state index contributed by atoms with van der Waals surface area (Å²) in [5.74, 6) is -0.982. The second-order valence-corrected chi connectivity index (χ2v) is 5.67. The zero-order chi connectivity index (χ0) is 13.3. The van der Waals surface area contributed by atoms with Crippen molar-refractivity contribution in [1.29, 1.82) is 0 Å². The maximum absolute atomic E-state index is 11.4. The Bertz CT molecular complexity index is 436. The predicted octanol–water partition coefficient (Wildman–Crippen LogP) is 3.07. The number of aryl methyl sites for hydroxylation is 1. The molecule has 1 N–H and O–H groups in total. The van der Waals surface area contributed by atoms with Crippen LogP contribution in [0.4, 0.5) is 5.69 Å². The number of anilines is 1. The smallest absolute Gasteiger partial charge is 0.308 e. The van der Waals surface area contributed by atoms with Crippen molar-refractivity contribution in [1.82, 2.24) is 0 Å². The number of aliphatic carboxylic acids is 1. The third-order valence-corrected chi connectivity index (χ3v) is 4.07. The van der Waals surface area contributed by atoms with E-state index >= 15 is 0 Å². The summed E-state index contributed by atoms with van der Waals surface area (Å²) in [5.41, 5.74) is 2.01. The summed E-state index contributed by atoms with van der Waals surface area (Å²) in [4.78, 5) is 13.6. The lowest BCUT2D eigenvalue weighted by atomic mass is 9.78. The molecule has 1 fully saturated rings. The van der Waals surface area contributed by atoms with E-state index in [2.05, 4.69) is 36.1 Å². The minimum Gasteiger partial charge on any atom is -0.481 e. The van der Waals surface area contributed by atoms with Crippen LogP contribution in [0.15, 0.2) is 24.3 Å². The van der Waals surface area contributed by atoms with E-state index in [1.807, 2.05) is 13.8 Å². The number of hydrogen-bond donors (Lipinski definition) is 1. The highest BCUT2D eigenvalue weighted by atomic mass is 16.4. The van der Waals surface area contributed by atoms with Crippen LogP contribution in [0.2, 0.25) is 0 Å². The van der Waals surface area contributed by atoms with Crippen LogP contribution in [0.1, 0.15) is 32.3 Å². The molecule has 0 aliphatic carbocycles. The quantitative estimate of drug-likeness (QED) is 0.873. The highest BCUT2D eigenvalue weighted by Gasteiger charge is 2.42. The molecule has 0 bridgehead atoms. The van der Waals surface area contributed by atoms with Gasteiger partial charge in [0.2, 0.25) is 0 Å². The van der Waals surface area contributed by atoms with Gasteiger partial charge in [-0.15, -0.1) is 0 Å². The number of piperidine rings is 1. The first-order valence-corrected chi connectivity index (χ1v) is 6.50. The van der Waals surface area contributed by atoms with Gasteiger partial charge in [0.05, 0.1) is 5.92 Å². The van der Waals surface area contributed by atoms with Crippen LogP contribution in [-0.2, 0) is 4.79 Å². The highest BCUT2D eigenvalue weighted by Crippen LogP contribution is 2.37. The lowest BCUT2D eigenvalue weighted by Crippen LogP contribution is -2.55. The number of rotatable bonds is 2. The number of carboxylic acid groups (broad SMARTS) is 1. The van der Waals surface area contributed by atoms with Gasteiger partial charge in [0.25, 0.3) is 0 Å². The largest absolute Gasteiger partial charge is 0.481 e. The summed E-state index contributed by atoms with van der Waals surface area (Å²) in [7, 11) is 0. The Morgan fingerprint density at radius 3 is 2.50 bits per heavy atom. The van der Waals surface area contributed by atoms with Crippen molar-refractivity contribution >= 4 is 11.7 Å². The summed E-state index contributed by atoms with van der Waals surface area (Å²) in [6.07, 6.45) is 1.71. The molecule has 3 heteroatoms. The van der Waals surface area contributed by atoms with Crippen molar-refractivity contribution in [3.63, 3.8) is 0 Å². The fraction of sp³-hybridized carbons (Fsp3) is 0.533. The monoisotopic (exact) mass is 247 g/mol. The molecule has 18 heavy (non-hydrogen) atoms. The van der Waals surface area contributed by atoms with E-state index in [-0.39, 0.29) is 11.5 Å². The van der Waals surface area contributed by atoms with E-state index in [9.17, 15) is 9.90 Å². The Hall–Kier alpha value is -1.51. The van der Waals surface area contributed by atoms with Gasteiger partial charge in [0.15, 0.2) is 0 Å². The Kier molecular flexibility index (Phi) is 3.33. The molecule has 0 spiro atoms. The topological polar surface area (TPSA) is 40.5 Å². The van der Waals surface area contributed by atoms with Crippen LogP contribution >= 0.6 is 0 Å². The van der Waals surface area contributed by atoms with Gasteiger partial charge >= 0.3 is 5.97 Å². The lowest BCUT2D eigenvalue weighted by Gasteiger charge is -2.47. The fourth-order valence-electron chi connectivity index (χ4n) is 2.90. The second kappa shape index (κ2) is 4.63. The van der Waals surface area contributed by atoms with Crippen molar-refractivity contribution in [2.45, 2.75) is 39.2 Å². The molecule has 3 nitrogen and oxygen atoms in total. The molecule has 1 heterocycles. The second-order valence-electron chi connectivity index (χ2n) is 5.67. The summed E-state index contributed by atoms with van der Waals surface area (Å²) < 4.78 is 0. The molecule has 0 radical (unpaired) electrons. The molecule has 0 amide bonds. The molecule has 0 saturated carbocycles. The molecule has 1 unspecified atom stereocenters. The summed E-state index contributed by atoms with van der Waals surface area (Å²) in [5, 5.41) is 9.36. The number of hydrogen-bond acceptors (Lipinski definition) is 2. The third kappa shape index (κ3) is 2.22. The molecule has 1 aromatic rings. The highest BCUT2D eigenvalue weighted by molar-refractivity contribution is 5.73. The van der Waals surface area contributed by atoms with Crippen molar-refractivity contribution < 1.29 is 9.90 Å². The van der Waals surface area contributed by atoms with Gasteiger partial charge in [0, 0.05) is 17.8 Å². The zero-order valence-corrected chi connectivity index (χ0v) is 11.3. The lowest BCUT2D eigenvalue weighted by molar-refractivity contribution is -0.144. The number of benzene rings is 1. The summed E-state index contributed by atoms with van der Waals surface area (Å²) >= 11 is 0. The number of carbonyl (C=O) groups is 1. The number of nitrogens with zero attached hydrogens (tertiary/aromatic N) is 1. The zero-order valence-electron chi connectivity index (χ0n) is 11.3. The van der Waals surface area contributed by atoms with E-state index < -0.39 is 5.97 Å². The van der Waals surface area contributed by atoms with Crippen molar-refractivity contribution in [3.8, 4) is 0 Å². The van der Waals surface area contributed by atoms with E-state index in [1.165, 1.54) is 5.56 Å². The van der Waals surface area contributed by atoms with Gasteiger partial charge in [-0.3, -0.25) is 4.79 Å². The van der Waals surface area contributed by atoms with E-state index in [0.29, 0.717) is 0 Å². The predicted molar refractivity (Wildman–Crippen MR) is 73.0 cm³/mol. The van der Waals surface area contributed by atoms with Crippen LogP contribution in [-0.4, -0.2) is 23.2 Å². The first-order valence-electron chi connectivity index (χ1n) is 6.50. The third-order valence-electron chi connectivity index (χ3n) is 4.07. The number of carboxylic acids is 1. The average molecular weight is 247 g/mol. The van der Waals surface area contributed by atoms with Crippen LogP contribution in [0, 0.1) is 12.8 Å². The molecular formula is C15H21NO2. The summed E-state index contributed by atoms with van der Waals surface area (Å²) in [6, 6.07) is 8.33. The first-order chi connectivity index (χ1) is 8.43. The maximum Gasteiger partial charge on any atom is 0.308 e. The molecule has 1 aliphatic rings. The van der Waals surface area contributed by atoms with Gasteiger partial charge in [-0.2, -0.15) is 0 Å². The Balaban J connectivity index is 2.32.